The summed E-state index contributed by atoms with van der Waals surface area (Å²) in [5, 5.41) is 42.3. The maximum absolute atomic E-state index is 12.2. The van der Waals surface area contributed by atoms with E-state index in [9.17, 15) is 42.7 Å². The van der Waals surface area contributed by atoms with Gasteiger partial charge in [-0.1, -0.05) is 44.0 Å². The average Bonchev–Trinajstić information content (AvgIpc) is 3.29. The van der Waals surface area contributed by atoms with Crippen LogP contribution in [0.25, 0.3) is 32.3 Å². The number of aliphatic hydroxyl groups is 1. The Labute approximate surface area is 483 Å². The summed E-state index contributed by atoms with van der Waals surface area (Å²) in [5.41, 5.74) is 1.58. The minimum Gasteiger partial charge on any atom is -0.744 e. The fraction of sp³-hybridized carbons (Fsp3) is 0.381. The van der Waals surface area contributed by atoms with Crippen molar-refractivity contribution in [3.05, 3.63) is 72.9 Å². The first-order valence-electron chi connectivity index (χ1n) is 19.5. The van der Waals surface area contributed by atoms with Crippen LogP contribution < -0.4 is 105 Å². The Hall–Kier alpha value is -1.34. The molecule has 2 N–H and O–H groups in total. The molecule has 0 heterocycles. The second-order valence-corrected chi connectivity index (χ2v) is 17.0. The van der Waals surface area contributed by atoms with Gasteiger partial charge in [0.2, 0.25) is 0 Å². The second-order valence-electron chi connectivity index (χ2n) is 13.1. The van der Waals surface area contributed by atoms with E-state index < -0.39 is 32.9 Å². The average molecular weight is 1090 g/mol. The number of carbonyl (C=O) groups is 4. The number of hydrogen-bond acceptors (Lipinski definition) is 23. The van der Waals surface area contributed by atoms with E-state index in [0.29, 0.717) is 92.2 Å². The van der Waals surface area contributed by atoms with Gasteiger partial charge in [0.1, 0.15) is 42.8 Å². The number of aldehydes is 1. The van der Waals surface area contributed by atoms with E-state index in [1.54, 1.807) is 45.0 Å². The Kier molecular flexibility index (Phi) is 43.7. The zero-order chi connectivity index (χ0) is 50.4. The van der Waals surface area contributed by atoms with Gasteiger partial charge in [0.15, 0.2) is 0 Å². The topological polar surface area (TPSA) is 296 Å². The van der Waals surface area contributed by atoms with Crippen LogP contribution in [0, 0.1) is 0 Å². The molecule has 4 aromatic rings. The Balaban J connectivity index is -0.00000123. The van der Waals surface area contributed by atoms with Crippen molar-refractivity contribution in [2.24, 2.45) is 0 Å². The van der Waals surface area contributed by atoms with Crippen molar-refractivity contribution >= 4 is 105 Å². The zero-order valence-corrected chi connectivity index (χ0v) is 49.8. The molecule has 0 unspecified atom stereocenters. The summed E-state index contributed by atoms with van der Waals surface area (Å²) in [5.74, 6) is -1.36. The third-order valence-corrected chi connectivity index (χ3v) is 9.93. The Morgan fingerprint density at radius 1 is 0.671 bits per heavy atom. The summed E-state index contributed by atoms with van der Waals surface area (Å²) in [7, 11) is -3.86. The molecule has 0 atom stereocenters. The molecular weight excluding hydrogens is 1030 g/mol. The molecule has 0 aromatic heterocycles. The van der Waals surface area contributed by atoms with Crippen molar-refractivity contribution in [3.63, 3.8) is 0 Å². The number of rotatable bonds is 27. The second kappa shape index (κ2) is 41.9. The van der Waals surface area contributed by atoms with Gasteiger partial charge in [0.25, 0.3) is 0 Å². The van der Waals surface area contributed by atoms with Crippen molar-refractivity contribution in [2.45, 2.75) is 35.5 Å². The zero-order valence-electron chi connectivity index (χ0n) is 40.4. The van der Waals surface area contributed by atoms with Crippen molar-refractivity contribution < 1.29 is 184 Å². The van der Waals surface area contributed by atoms with Crippen LogP contribution in [0.2, 0.25) is 0 Å². The summed E-state index contributed by atoms with van der Waals surface area (Å²) >= 11 is 1.09. The molecular formula is C42H53NNa3O20PS3. The van der Waals surface area contributed by atoms with Crippen molar-refractivity contribution in [1.29, 1.82) is 0 Å². The SMILES string of the molecule is C=C(C)C(=O)OCCOCC=O.C=C(C)C(=O)OCCOCCNc1cc(SOO[O-])c2ccc3c(SOO[O-])cc(S(=O)(=O)[O-])c4ccc1c2c34.C=C(C)C(=O)OCCOCCO.CPC.[Na+].[Na+].[Na+]. The molecule has 0 spiro atoms. The fourth-order valence-electron chi connectivity index (χ4n) is 5.10. The first-order chi connectivity index (χ1) is 31.9. The number of carbonyl (C=O) groups excluding carboxylic acids is 4. The summed E-state index contributed by atoms with van der Waals surface area (Å²) < 4.78 is 74.9. The van der Waals surface area contributed by atoms with E-state index in [0.717, 1.165) is 14.6 Å². The number of hydrogen-bond donors (Lipinski definition) is 2. The quantitative estimate of drug-likeness (QED) is 0.00459. The number of benzene rings is 4. The molecule has 28 heteroatoms. The van der Waals surface area contributed by atoms with Gasteiger partial charge < -0.3 is 58.7 Å². The van der Waals surface area contributed by atoms with Crippen LogP contribution in [0.5, 0.6) is 0 Å². The molecule has 21 nitrogen and oxygen atoms in total. The van der Waals surface area contributed by atoms with Crippen molar-refractivity contribution in [1.82, 2.24) is 0 Å². The van der Waals surface area contributed by atoms with E-state index >= 15 is 0 Å². The van der Waals surface area contributed by atoms with Gasteiger partial charge >= 0.3 is 107 Å². The van der Waals surface area contributed by atoms with Gasteiger partial charge in [0, 0.05) is 54.9 Å². The molecule has 4 rings (SSSR count). The van der Waals surface area contributed by atoms with Gasteiger partial charge in [0.05, 0.1) is 68.6 Å². The molecule has 4 aromatic carbocycles. The minimum absolute atomic E-state index is 0. The molecule has 0 saturated heterocycles. The van der Waals surface area contributed by atoms with Gasteiger partial charge in [-0.15, -0.1) is 8.58 Å². The van der Waals surface area contributed by atoms with E-state index in [4.69, 9.17) is 28.8 Å². The van der Waals surface area contributed by atoms with E-state index in [1.165, 1.54) is 6.07 Å². The molecule has 0 amide bonds. The molecule has 70 heavy (non-hydrogen) atoms. The van der Waals surface area contributed by atoms with Gasteiger partial charge in [-0.2, -0.15) is 8.67 Å². The van der Waals surface area contributed by atoms with Gasteiger partial charge in [-0.25, -0.2) is 22.8 Å². The number of aliphatic hydroxyl groups excluding tert-OH is 1. The Morgan fingerprint density at radius 3 is 1.49 bits per heavy atom. The van der Waals surface area contributed by atoms with Gasteiger partial charge in [-0.3, -0.25) is 10.1 Å². The largest absolute Gasteiger partial charge is 1.00 e. The molecule has 0 bridgehead atoms. The normalized spacial score (nSPS) is 10.3. The minimum atomic E-state index is -4.94. The summed E-state index contributed by atoms with van der Waals surface area (Å²) in [6.45, 7) is 21.3. The van der Waals surface area contributed by atoms with Crippen molar-refractivity contribution in [3.8, 4) is 0 Å². The summed E-state index contributed by atoms with van der Waals surface area (Å²) in [6.07, 6.45) is 0.639. The molecule has 0 fully saturated rings. The predicted octanol–water partition coefficient (Wildman–Crippen LogP) is -5.13. The molecule has 0 saturated carbocycles. The fourth-order valence-corrected chi connectivity index (χ4v) is 6.93. The molecule has 0 aliphatic rings. The van der Waals surface area contributed by atoms with Crippen LogP contribution >= 0.6 is 32.7 Å². The number of anilines is 1. The third kappa shape index (κ3) is 27.3. The monoisotopic (exact) mass is 1090 g/mol. The molecule has 0 aliphatic heterocycles. The van der Waals surface area contributed by atoms with Gasteiger partial charge in [-0.05, 0) is 62.4 Å². The first kappa shape index (κ1) is 72.9. The Morgan fingerprint density at radius 2 is 1.07 bits per heavy atom. The van der Waals surface area contributed by atoms with E-state index in [1.807, 2.05) is 0 Å². The van der Waals surface area contributed by atoms with Crippen molar-refractivity contribution in [2.75, 3.05) is 91.3 Å². The molecule has 372 valence electrons. The van der Waals surface area contributed by atoms with Crippen LogP contribution in [-0.4, -0.2) is 128 Å². The maximum Gasteiger partial charge on any atom is 1.00 e. The number of ether oxygens (including phenoxy) is 6. The van der Waals surface area contributed by atoms with E-state index in [2.05, 4.69) is 61.9 Å². The van der Waals surface area contributed by atoms with Crippen LogP contribution in [-0.2, 0) is 76.5 Å². The molecule has 0 radical (unpaired) electrons. The smallest absolute Gasteiger partial charge is 0.744 e. The van der Waals surface area contributed by atoms with Crippen LogP contribution in [0.3, 0.4) is 0 Å². The summed E-state index contributed by atoms with van der Waals surface area (Å²) in [4.78, 5) is 42.8. The predicted molar refractivity (Wildman–Crippen MR) is 246 cm³/mol. The number of nitrogens with one attached hydrogen (secondary N) is 1. The standard InChI is InChI=1S/C24H23NO12S3.C8H14O4.C8H12O4.C2H7P.3Na/c1-13(2)24(26)33-10-9-32-8-7-25-18-11-19(38-36-34-27)15-4-5-16-20(39-37-35-28)12-21(40(29,30)31)17-6-3-14(18)22(15)23(16)17;2*1-7(2)8(10)12-6-5-11-4-3-9;1-3-2;;;/h3-6,11-12,25,27-28H,1,7-10H2,2H3,(H,29,30,31);9H,1,3-6H2,2H3;3H,1,4-6H2,2H3;3H,1-2H3;;;/q;;;;3*+1/p-3. The maximum atomic E-state index is 12.2. The molecule has 0 aliphatic carbocycles. The third-order valence-electron chi connectivity index (χ3n) is 7.77. The first-order valence-corrected chi connectivity index (χ1v) is 24.4. The summed E-state index contributed by atoms with van der Waals surface area (Å²) in [6, 6.07) is 9.33. The van der Waals surface area contributed by atoms with Crippen LogP contribution in [0.1, 0.15) is 20.8 Å². The van der Waals surface area contributed by atoms with Crippen LogP contribution in [0.15, 0.2) is 87.5 Å². The Bertz CT molecular complexity index is 2350. The number of esters is 3. The van der Waals surface area contributed by atoms with E-state index in [-0.39, 0.29) is 164 Å². The van der Waals surface area contributed by atoms with Crippen LogP contribution in [0.4, 0.5) is 5.69 Å².